The molecule has 22 heavy (non-hydrogen) atoms. The van der Waals surface area contributed by atoms with Crippen molar-refractivity contribution in [2.24, 2.45) is 5.73 Å². The summed E-state index contributed by atoms with van der Waals surface area (Å²) in [5.74, 6) is 0.459. The predicted octanol–water partition coefficient (Wildman–Crippen LogP) is 2.81. The molecule has 1 aromatic carbocycles. The van der Waals surface area contributed by atoms with Crippen LogP contribution in [0.4, 0.5) is 0 Å². The SMILES string of the molecule is Cc1cc(C)c2nc(C3CC3)cc(C(=O)N[C@@H](C)CN)c2c1. The Bertz CT molecular complexity index is 735. The van der Waals surface area contributed by atoms with Gasteiger partial charge in [-0.15, -0.1) is 0 Å². The molecule has 1 atom stereocenters. The first-order chi connectivity index (χ1) is 10.5. The van der Waals surface area contributed by atoms with E-state index in [9.17, 15) is 4.79 Å². The monoisotopic (exact) mass is 297 g/mol. The number of fused-ring (bicyclic) bond motifs is 1. The van der Waals surface area contributed by atoms with Gasteiger partial charge in [-0.1, -0.05) is 11.6 Å². The van der Waals surface area contributed by atoms with Crippen LogP contribution in [0, 0.1) is 13.8 Å². The molecule has 0 bridgehead atoms. The Hall–Kier alpha value is -1.94. The first-order valence-corrected chi connectivity index (χ1v) is 7.92. The van der Waals surface area contributed by atoms with Gasteiger partial charge >= 0.3 is 0 Å². The molecular formula is C18H23N3O. The molecule has 0 saturated heterocycles. The van der Waals surface area contributed by atoms with Crippen molar-refractivity contribution in [3.05, 3.63) is 40.6 Å². The van der Waals surface area contributed by atoms with Crippen LogP contribution < -0.4 is 11.1 Å². The Labute approximate surface area is 131 Å². The maximum atomic E-state index is 12.7. The van der Waals surface area contributed by atoms with Crippen LogP contribution in [0.2, 0.25) is 0 Å². The predicted molar refractivity (Wildman–Crippen MR) is 89.2 cm³/mol. The minimum absolute atomic E-state index is 0.0361. The molecule has 4 nitrogen and oxygen atoms in total. The molecular weight excluding hydrogens is 274 g/mol. The second kappa shape index (κ2) is 5.69. The average molecular weight is 297 g/mol. The van der Waals surface area contributed by atoms with E-state index in [4.69, 9.17) is 10.7 Å². The standard InChI is InChI=1S/C18H23N3O/c1-10-6-11(2)17-14(7-10)15(18(22)20-12(3)9-19)8-16(21-17)13-4-5-13/h6-8,12-13H,4-5,9,19H2,1-3H3,(H,20,22)/t12-/m0/s1. The normalized spacial score (nSPS) is 15.8. The van der Waals surface area contributed by atoms with Crippen LogP contribution in [-0.4, -0.2) is 23.5 Å². The molecule has 1 aromatic heterocycles. The second-order valence-corrected chi connectivity index (χ2v) is 6.46. The van der Waals surface area contributed by atoms with Crippen molar-refractivity contribution in [1.29, 1.82) is 0 Å². The summed E-state index contributed by atoms with van der Waals surface area (Å²) < 4.78 is 0. The number of hydrogen-bond donors (Lipinski definition) is 2. The molecule has 0 spiro atoms. The second-order valence-electron chi connectivity index (χ2n) is 6.46. The molecule has 1 fully saturated rings. The zero-order valence-electron chi connectivity index (χ0n) is 13.4. The molecule has 1 aliphatic carbocycles. The van der Waals surface area contributed by atoms with Crippen LogP contribution in [0.25, 0.3) is 10.9 Å². The molecule has 1 saturated carbocycles. The molecule has 0 radical (unpaired) electrons. The molecule has 1 amide bonds. The van der Waals surface area contributed by atoms with Gasteiger partial charge in [0, 0.05) is 29.6 Å². The quantitative estimate of drug-likeness (QED) is 0.912. The molecule has 0 aliphatic heterocycles. The lowest BCUT2D eigenvalue weighted by Crippen LogP contribution is -2.38. The summed E-state index contributed by atoms with van der Waals surface area (Å²) in [4.78, 5) is 17.5. The first kappa shape index (κ1) is 15.0. The van der Waals surface area contributed by atoms with Crippen molar-refractivity contribution in [3.8, 4) is 0 Å². The Kier molecular flexibility index (Phi) is 3.87. The lowest BCUT2D eigenvalue weighted by Gasteiger charge is -2.15. The van der Waals surface area contributed by atoms with E-state index in [2.05, 4.69) is 18.3 Å². The number of nitrogens with one attached hydrogen (secondary N) is 1. The number of rotatable bonds is 4. The summed E-state index contributed by atoms with van der Waals surface area (Å²) in [5.41, 5.74) is 10.6. The van der Waals surface area contributed by atoms with E-state index in [0.717, 1.165) is 33.3 Å². The van der Waals surface area contributed by atoms with Gasteiger partial charge in [0.2, 0.25) is 0 Å². The van der Waals surface area contributed by atoms with Gasteiger partial charge in [-0.05, 0) is 51.3 Å². The number of carbonyl (C=O) groups is 1. The fourth-order valence-corrected chi connectivity index (χ4v) is 2.84. The van der Waals surface area contributed by atoms with Crippen molar-refractivity contribution in [2.45, 2.75) is 45.6 Å². The van der Waals surface area contributed by atoms with E-state index in [1.807, 2.05) is 26.0 Å². The number of benzene rings is 1. The molecule has 3 N–H and O–H groups in total. The number of hydrogen-bond acceptors (Lipinski definition) is 3. The van der Waals surface area contributed by atoms with E-state index in [1.54, 1.807) is 0 Å². The number of nitrogens with zero attached hydrogens (tertiary/aromatic N) is 1. The van der Waals surface area contributed by atoms with Gasteiger partial charge in [0.15, 0.2) is 0 Å². The van der Waals surface area contributed by atoms with Gasteiger partial charge < -0.3 is 11.1 Å². The summed E-state index contributed by atoms with van der Waals surface area (Å²) in [5, 5.41) is 3.91. The summed E-state index contributed by atoms with van der Waals surface area (Å²) in [6, 6.07) is 6.10. The lowest BCUT2D eigenvalue weighted by molar-refractivity contribution is 0.0943. The topological polar surface area (TPSA) is 68.0 Å². The van der Waals surface area contributed by atoms with E-state index in [-0.39, 0.29) is 11.9 Å². The fourth-order valence-electron chi connectivity index (χ4n) is 2.84. The fraction of sp³-hybridized carbons (Fsp3) is 0.444. The summed E-state index contributed by atoms with van der Waals surface area (Å²) in [7, 11) is 0. The number of aryl methyl sites for hydroxylation is 2. The van der Waals surface area contributed by atoms with Crippen LogP contribution >= 0.6 is 0 Å². The smallest absolute Gasteiger partial charge is 0.252 e. The number of carbonyl (C=O) groups excluding carboxylic acids is 1. The van der Waals surface area contributed by atoms with E-state index in [1.165, 1.54) is 12.8 Å². The third-order valence-electron chi connectivity index (χ3n) is 4.24. The Morgan fingerprint density at radius 2 is 2.09 bits per heavy atom. The minimum atomic E-state index is -0.0581. The van der Waals surface area contributed by atoms with Gasteiger partial charge in [0.25, 0.3) is 5.91 Å². The van der Waals surface area contributed by atoms with Crippen LogP contribution in [0.1, 0.15) is 52.9 Å². The Balaban J connectivity index is 2.15. The molecule has 1 aliphatic rings. The van der Waals surface area contributed by atoms with Crippen molar-refractivity contribution in [2.75, 3.05) is 6.54 Å². The highest BCUT2D eigenvalue weighted by Crippen LogP contribution is 2.40. The highest BCUT2D eigenvalue weighted by Gasteiger charge is 2.27. The highest BCUT2D eigenvalue weighted by molar-refractivity contribution is 6.07. The molecule has 3 rings (SSSR count). The van der Waals surface area contributed by atoms with E-state index >= 15 is 0 Å². The van der Waals surface area contributed by atoms with E-state index < -0.39 is 0 Å². The first-order valence-electron chi connectivity index (χ1n) is 7.92. The van der Waals surface area contributed by atoms with Crippen LogP contribution in [0.5, 0.6) is 0 Å². The maximum Gasteiger partial charge on any atom is 0.252 e. The zero-order valence-corrected chi connectivity index (χ0v) is 13.4. The highest BCUT2D eigenvalue weighted by atomic mass is 16.1. The van der Waals surface area contributed by atoms with Crippen molar-refractivity contribution in [1.82, 2.24) is 10.3 Å². The minimum Gasteiger partial charge on any atom is -0.348 e. The number of amides is 1. The third-order valence-corrected chi connectivity index (χ3v) is 4.24. The summed E-state index contributed by atoms with van der Waals surface area (Å²) >= 11 is 0. The molecule has 1 heterocycles. The maximum absolute atomic E-state index is 12.7. The van der Waals surface area contributed by atoms with Crippen molar-refractivity contribution < 1.29 is 4.79 Å². The molecule has 4 heteroatoms. The van der Waals surface area contributed by atoms with Crippen LogP contribution in [0.3, 0.4) is 0 Å². The lowest BCUT2D eigenvalue weighted by atomic mass is 10.00. The van der Waals surface area contributed by atoms with Gasteiger partial charge in [0.1, 0.15) is 0 Å². The van der Waals surface area contributed by atoms with Gasteiger partial charge in [-0.3, -0.25) is 9.78 Å². The number of aromatic nitrogens is 1. The number of nitrogens with two attached hydrogens (primary N) is 1. The van der Waals surface area contributed by atoms with Crippen molar-refractivity contribution in [3.63, 3.8) is 0 Å². The van der Waals surface area contributed by atoms with Crippen LogP contribution in [-0.2, 0) is 0 Å². The molecule has 0 unspecified atom stereocenters. The zero-order chi connectivity index (χ0) is 15.9. The van der Waals surface area contributed by atoms with Crippen LogP contribution in [0.15, 0.2) is 18.2 Å². The van der Waals surface area contributed by atoms with E-state index in [0.29, 0.717) is 12.5 Å². The summed E-state index contributed by atoms with van der Waals surface area (Å²) in [6.07, 6.45) is 2.34. The molecule has 116 valence electrons. The Morgan fingerprint density at radius 1 is 1.36 bits per heavy atom. The Morgan fingerprint density at radius 3 is 2.73 bits per heavy atom. The van der Waals surface area contributed by atoms with Crippen molar-refractivity contribution >= 4 is 16.8 Å². The summed E-state index contributed by atoms with van der Waals surface area (Å²) in [6.45, 7) is 6.45. The average Bonchev–Trinajstić information content (AvgIpc) is 3.30. The number of pyridine rings is 1. The van der Waals surface area contributed by atoms with Gasteiger partial charge in [0.05, 0.1) is 11.1 Å². The van der Waals surface area contributed by atoms with Gasteiger partial charge in [-0.25, -0.2) is 0 Å². The molecule has 2 aromatic rings. The third kappa shape index (κ3) is 2.83. The largest absolute Gasteiger partial charge is 0.348 e. The van der Waals surface area contributed by atoms with Gasteiger partial charge in [-0.2, -0.15) is 0 Å².